The van der Waals surface area contributed by atoms with E-state index in [9.17, 15) is 14.0 Å². The largest absolute Gasteiger partial charge is 0.357 e. The van der Waals surface area contributed by atoms with Crippen molar-refractivity contribution in [2.24, 2.45) is 0 Å². The highest BCUT2D eigenvalue weighted by molar-refractivity contribution is 5.78. The van der Waals surface area contributed by atoms with Gasteiger partial charge in [-0.1, -0.05) is 0 Å². The molecule has 1 N–H and O–H groups in total. The molecule has 1 aromatic heterocycles. The molecule has 0 spiro atoms. The van der Waals surface area contributed by atoms with Crippen molar-refractivity contribution in [2.45, 2.75) is 13.5 Å². The SMILES string of the molecule is CC(=O)N1CCN(Cc2cc(=O)c3cc(F)ccc3[nH]2)CC1. The van der Waals surface area contributed by atoms with Crippen LogP contribution in [0.2, 0.25) is 0 Å². The van der Waals surface area contributed by atoms with Crippen LogP contribution >= 0.6 is 0 Å². The van der Waals surface area contributed by atoms with Crippen LogP contribution in [0.5, 0.6) is 0 Å². The molecule has 0 bridgehead atoms. The van der Waals surface area contributed by atoms with Crippen molar-refractivity contribution in [1.29, 1.82) is 0 Å². The number of amides is 1. The van der Waals surface area contributed by atoms with Crippen molar-refractivity contribution in [1.82, 2.24) is 14.8 Å². The highest BCUT2D eigenvalue weighted by Gasteiger charge is 2.18. The van der Waals surface area contributed by atoms with Crippen LogP contribution in [0, 0.1) is 5.82 Å². The van der Waals surface area contributed by atoms with Gasteiger partial charge in [0.15, 0.2) is 5.43 Å². The fraction of sp³-hybridized carbons (Fsp3) is 0.375. The lowest BCUT2D eigenvalue weighted by atomic mass is 10.2. The maximum absolute atomic E-state index is 13.2. The molecule has 116 valence electrons. The topological polar surface area (TPSA) is 56.4 Å². The standard InChI is InChI=1S/C16H18FN3O2/c1-11(21)20-6-4-19(5-7-20)10-13-9-16(22)14-8-12(17)2-3-15(14)18-13/h2-3,8-9H,4-7,10H2,1H3,(H,18,22). The van der Waals surface area contributed by atoms with Gasteiger partial charge in [0.05, 0.1) is 0 Å². The minimum absolute atomic E-state index is 0.0980. The number of pyridine rings is 1. The Morgan fingerprint density at radius 3 is 2.64 bits per heavy atom. The first kappa shape index (κ1) is 14.7. The number of hydrogen-bond donors (Lipinski definition) is 1. The molecule has 22 heavy (non-hydrogen) atoms. The summed E-state index contributed by atoms with van der Waals surface area (Å²) >= 11 is 0. The van der Waals surface area contributed by atoms with Gasteiger partial charge in [0.1, 0.15) is 5.82 Å². The van der Waals surface area contributed by atoms with Crippen molar-refractivity contribution >= 4 is 16.8 Å². The molecule has 3 rings (SSSR count). The summed E-state index contributed by atoms with van der Waals surface area (Å²) < 4.78 is 13.2. The summed E-state index contributed by atoms with van der Waals surface area (Å²) in [4.78, 5) is 30.6. The zero-order valence-electron chi connectivity index (χ0n) is 12.4. The summed E-state index contributed by atoms with van der Waals surface area (Å²) in [5, 5.41) is 0.366. The van der Waals surface area contributed by atoms with Crippen LogP contribution in [0.4, 0.5) is 4.39 Å². The molecule has 5 nitrogen and oxygen atoms in total. The molecule has 2 heterocycles. The average molecular weight is 303 g/mol. The number of hydrogen-bond acceptors (Lipinski definition) is 3. The van der Waals surface area contributed by atoms with E-state index >= 15 is 0 Å². The van der Waals surface area contributed by atoms with Gasteiger partial charge in [-0.05, 0) is 18.2 Å². The first-order chi connectivity index (χ1) is 10.5. The third kappa shape index (κ3) is 3.01. The fourth-order valence-corrected chi connectivity index (χ4v) is 2.82. The second-order valence-corrected chi connectivity index (χ2v) is 5.63. The molecule has 0 radical (unpaired) electrons. The van der Waals surface area contributed by atoms with Gasteiger partial charge in [-0.15, -0.1) is 0 Å². The zero-order chi connectivity index (χ0) is 15.7. The highest BCUT2D eigenvalue weighted by atomic mass is 19.1. The Bertz CT molecular complexity index is 764. The van der Waals surface area contributed by atoms with Gasteiger partial charge in [0, 0.05) is 62.3 Å². The number of carbonyl (C=O) groups excluding carboxylic acids is 1. The average Bonchev–Trinajstić information content (AvgIpc) is 2.49. The molecular weight excluding hydrogens is 285 g/mol. The molecule has 1 aliphatic rings. The smallest absolute Gasteiger partial charge is 0.219 e. The number of piperazine rings is 1. The molecule has 1 amide bonds. The van der Waals surface area contributed by atoms with Gasteiger partial charge in [-0.3, -0.25) is 14.5 Å². The third-order valence-corrected chi connectivity index (χ3v) is 4.06. The number of rotatable bonds is 2. The van der Waals surface area contributed by atoms with Crippen LogP contribution in [-0.2, 0) is 11.3 Å². The van der Waals surface area contributed by atoms with E-state index in [1.54, 1.807) is 13.0 Å². The fourth-order valence-electron chi connectivity index (χ4n) is 2.82. The van der Waals surface area contributed by atoms with Gasteiger partial charge >= 0.3 is 0 Å². The first-order valence-corrected chi connectivity index (χ1v) is 7.32. The normalized spacial score (nSPS) is 16.2. The van der Waals surface area contributed by atoms with E-state index in [1.165, 1.54) is 18.2 Å². The van der Waals surface area contributed by atoms with E-state index in [4.69, 9.17) is 0 Å². The summed E-state index contributed by atoms with van der Waals surface area (Å²) in [6.07, 6.45) is 0. The van der Waals surface area contributed by atoms with Gasteiger partial charge in [0.25, 0.3) is 0 Å². The van der Waals surface area contributed by atoms with Crippen molar-refractivity contribution in [2.75, 3.05) is 26.2 Å². The number of nitrogens with zero attached hydrogens (tertiary/aromatic N) is 2. The van der Waals surface area contributed by atoms with Crippen LogP contribution in [0.3, 0.4) is 0 Å². The molecule has 6 heteroatoms. The molecule has 1 fully saturated rings. The van der Waals surface area contributed by atoms with Gasteiger partial charge < -0.3 is 9.88 Å². The molecule has 0 saturated carbocycles. The van der Waals surface area contributed by atoms with E-state index in [0.717, 1.165) is 18.8 Å². The van der Waals surface area contributed by atoms with E-state index in [2.05, 4.69) is 9.88 Å². The Morgan fingerprint density at radius 2 is 1.95 bits per heavy atom. The number of benzene rings is 1. The number of aromatic amines is 1. The predicted molar refractivity (Wildman–Crippen MR) is 82.1 cm³/mol. The third-order valence-electron chi connectivity index (χ3n) is 4.06. The molecule has 1 aromatic carbocycles. The van der Waals surface area contributed by atoms with Gasteiger partial charge in [-0.25, -0.2) is 4.39 Å². The molecule has 2 aromatic rings. The van der Waals surface area contributed by atoms with Crippen LogP contribution in [0.15, 0.2) is 29.1 Å². The summed E-state index contributed by atoms with van der Waals surface area (Å²) in [6, 6.07) is 5.71. The molecule has 1 saturated heterocycles. The summed E-state index contributed by atoms with van der Waals surface area (Å²) in [7, 11) is 0. The maximum Gasteiger partial charge on any atom is 0.219 e. The molecule has 1 aliphatic heterocycles. The highest BCUT2D eigenvalue weighted by Crippen LogP contribution is 2.12. The summed E-state index contributed by atoms with van der Waals surface area (Å²) in [5.41, 5.74) is 1.28. The van der Waals surface area contributed by atoms with Crippen LogP contribution in [0.1, 0.15) is 12.6 Å². The van der Waals surface area contributed by atoms with Crippen LogP contribution in [0.25, 0.3) is 10.9 Å². The van der Waals surface area contributed by atoms with Crippen LogP contribution < -0.4 is 5.43 Å². The summed E-state index contributed by atoms with van der Waals surface area (Å²) in [5.74, 6) is -0.313. The minimum Gasteiger partial charge on any atom is -0.357 e. The second-order valence-electron chi connectivity index (χ2n) is 5.63. The molecular formula is C16H18FN3O2. The Labute approximate surface area is 127 Å². The number of halogens is 1. The predicted octanol–water partition coefficient (Wildman–Crippen LogP) is 1.33. The lowest BCUT2D eigenvalue weighted by Crippen LogP contribution is -2.47. The van der Waals surface area contributed by atoms with E-state index in [-0.39, 0.29) is 11.3 Å². The molecule has 0 unspecified atom stereocenters. The Morgan fingerprint density at radius 1 is 1.23 bits per heavy atom. The van der Waals surface area contributed by atoms with Gasteiger partial charge in [0.2, 0.25) is 5.91 Å². The zero-order valence-corrected chi connectivity index (χ0v) is 12.4. The Hall–Kier alpha value is -2.21. The molecule has 0 aliphatic carbocycles. The van der Waals surface area contributed by atoms with E-state index in [1.807, 2.05) is 4.90 Å². The number of carbonyl (C=O) groups is 1. The first-order valence-electron chi connectivity index (χ1n) is 7.32. The number of H-pyrrole nitrogens is 1. The van der Waals surface area contributed by atoms with E-state index in [0.29, 0.717) is 30.5 Å². The maximum atomic E-state index is 13.2. The summed E-state index contributed by atoms with van der Waals surface area (Å²) in [6.45, 7) is 5.17. The van der Waals surface area contributed by atoms with Gasteiger partial charge in [-0.2, -0.15) is 0 Å². The quantitative estimate of drug-likeness (QED) is 0.910. The van der Waals surface area contributed by atoms with Crippen molar-refractivity contribution in [3.8, 4) is 0 Å². The lowest BCUT2D eigenvalue weighted by molar-refractivity contribution is -0.130. The van der Waals surface area contributed by atoms with Crippen LogP contribution in [-0.4, -0.2) is 46.9 Å². The number of nitrogens with one attached hydrogen (secondary N) is 1. The number of aromatic nitrogens is 1. The van der Waals surface area contributed by atoms with Crippen molar-refractivity contribution in [3.05, 3.63) is 46.0 Å². The Kier molecular flexibility index (Phi) is 3.94. The molecule has 0 atom stereocenters. The van der Waals surface area contributed by atoms with E-state index < -0.39 is 5.82 Å². The minimum atomic E-state index is -0.411. The number of fused-ring (bicyclic) bond motifs is 1. The monoisotopic (exact) mass is 303 g/mol. The second kappa shape index (κ2) is 5.88. The lowest BCUT2D eigenvalue weighted by Gasteiger charge is -2.34. The Balaban J connectivity index is 1.76. The van der Waals surface area contributed by atoms with Crippen molar-refractivity contribution < 1.29 is 9.18 Å². The van der Waals surface area contributed by atoms with Crippen molar-refractivity contribution in [3.63, 3.8) is 0 Å².